The van der Waals surface area contributed by atoms with Crippen molar-refractivity contribution < 1.29 is 157 Å². The number of epoxide rings is 1. The Balaban J connectivity index is 1.54. The fourth-order valence-corrected chi connectivity index (χ4v) is 15.8. The Kier molecular flexibility index (Phi) is 53.0. The quantitative estimate of drug-likeness (QED) is 0.0199. The third-order valence-electron chi connectivity index (χ3n) is 24.0. The highest BCUT2D eigenvalue weighted by atomic mass is 16.7. The highest BCUT2D eigenvalue weighted by Gasteiger charge is 2.40. The Morgan fingerprint density at radius 1 is 0.254 bits per heavy atom. The number of carbonyl (C=O) groups excluding carboxylic acids is 8. The van der Waals surface area contributed by atoms with Gasteiger partial charge in [0.2, 0.25) is 47.3 Å². The van der Waals surface area contributed by atoms with Crippen LogP contribution in [0.25, 0.3) is 0 Å². The molecule has 0 radical (unpaired) electrons. The van der Waals surface area contributed by atoms with E-state index in [4.69, 9.17) is 4.74 Å². The molecule has 0 aliphatic carbocycles. The second kappa shape index (κ2) is 62.0. The molecule has 2 unspecified atom stereocenters. The van der Waals surface area contributed by atoms with Crippen molar-refractivity contribution in [2.24, 2.45) is 5.41 Å². The second-order valence-corrected chi connectivity index (χ2v) is 35.6. The average Bonchev–Trinajstić information content (AvgIpc) is 1.79. The summed E-state index contributed by atoms with van der Waals surface area (Å²) in [5, 5.41) is 139. The third kappa shape index (κ3) is 51.0. The number of aliphatic hydroxyl groups excluding tert-OH is 2. The third-order valence-corrected chi connectivity index (χ3v) is 24.0. The maximum absolute atomic E-state index is 14.7. The predicted molar refractivity (Wildman–Crippen MR) is 484 cm³/mol. The first-order chi connectivity index (χ1) is 65.1. The van der Waals surface area contributed by atoms with Crippen molar-refractivity contribution in [1.82, 2.24) is 119 Å². The average molecular weight is 1980 g/mol. The summed E-state index contributed by atoms with van der Waals surface area (Å²) in [5.41, 5.74) is -1.84. The van der Waals surface area contributed by atoms with Gasteiger partial charge in [-0.25, -0.2) is 0 Å². The Bertz CT molecular complexity index is 3790. The summed E-state index contributed by atoms with van der Waals surface area (Å²) in [6.45, 7) is -8.61. The van der Waals surface area contributed by atoms with Crippen LogP contribution in [-0.2, 0) is 91.0 Å². The van der Waals surface area contributed by atoms with E-state index in [2.05, 4.69) is 21.3 Å². The minimum absolute atomic E-state index is 0.0171. The normalized spacial score (nSPS) is 19.9. The van der Waals surface area contributed by atoms with Crippen molar-refractivity contribution in [3.8, 4) is 0 Å². The number of nitrogens with one attached hydrogen (secondary N) is 4. The molecule has 56 heteroatoms. The molecule has 0 bridgehead atoms. The summed E-state index contributed by atoms with van der Waals surface area (Å²) in [5.74, 6) is -18.0. The van der Waals surface area contributed by atoms with Crippen LogP contribution in [0.3, 0.4) is 0 Å². The van der Waals surface area contributed by atoms with Gasteiger partial charge >= 0.3 is 59.7 Å². The van der Waals surface area contributed by atoms with Crippen LogP contribution in [0.1, 0.15) is 0 Å². The van der Waals surface area contributed by atoms with Crippen molar-refractivity contribution in [2.45, 2.75) is 18.7 Å². The maximum Gasteiger partial charge on any atom is 0.317 e. The van der Waals surface area contributed by atoms with Crippen LogP contribution >= 0.6 is 0 Å². The maximum atomic E-state index is 14.7. The smallest absolute Gasteiger partial charge is 0.317 e. The van der Waals surface area contributed by atoms with Crippen molar-refractivity contribution in [3.05, 3.63) is 0 Å². The van der Waals surface area contributed by atoms with E-state index in [9.17, 15) is 153 Å². The summed E-state index contributed by atoms with van der Waals surface area (Å²) in [6, 6.07) is 0. The summed E-state index contributed by atoms with van der Waals surface area (Å²) >= 11 is 0. The number of rotatable bonds is 48. The van der Waals surface area contributed by atoms with Gasteiger partial charge in [0.05, 0.1) is 118 Å². The number of hydrogen-bond donors (Lipinski definition) is 17. The molecule has 2 atom stereocenters. The second-order valence-electron chi connectivity index (χ2n) is 35.6. The van der Waals surface area contributed by atoms with Gasteiger partial charge in [0.15, 0.2) is 12.6 Å². The number of ether oxygens (including phenoxy) is 1. The molecule has 17 N–H and O–H groups in total. The Hall–Kier alpha value is -10.3. The molecule has 0 saturated carbocycles. The van der Waals surface area contributed by atoms with E-state index in [1.165, 1.54) is 47.8 Å². The molecular formula is C82H144N24O32. The van der Waals surface area contributed by atoms with Gasteiger partial charge < -0.3 is 112 Å². The summed E-state index contributed by atoms with van der Waals surface area (Å²) in [7, 11) is 5.17. The van der Waals surface area contributed by atoms with Crippen molar-refractivity contribution in [1.29, 1.82) is 0 Å². The topological polar surface area (TPSA) is 696 Å². The molecule has 5 rings (SSSR count). The number of amides is 8. The van der Waals surface area contributed by atoms with E-state index in [0.29, 0.717) is 0 Å². The van der Waals surface area contributed by atoms with Gasteiger partial charge in [-0.15, -0.1) is 0 Å². The van der Waals surface area contributed by atoms with Gasteiger partial charge in [0.25, 0.3) is 0 Å². The highest BCUT2D eigenvalue weighted by molar-refractivity contribution is 5.88. The number of carboxylic acid groups (broad SMARTS) is 10. The molecule has 138 heavy (non-hydrogen) atoms. The number of aliphatic hydroxyl groups is 3. The van der Waals surface area contributed by atoms with E-state index in [-0.39, 0.29) is 236 Å². The van der Waals surface area contributed by atoms with E-state index < -0.39 is 262 Å². The zero-order chi connectivity index (χ0) is 102. The lowest BCUT2D eigenvalue weighted by molar-refractivity contribution is -0.141. The predicted octanol–water partition coefficient (Wildman–Crippen LogP) is -15.0. The van der Waals surface area contributed by atoms with Crippen LogP contribution < -0.4 is 21.3 Å². The molecule has 0 aromatic heterocycles. The summed E-state index contributed by atoms with van der Waals surface area (Å²) in [4.78, 5) is 267. The first-order valence-corrected chi connectivity index (χ1v) is 45.6. The van der Waals surface area contributed by atoms with Crippen LogP contribution in [0, 0.1) is 5.41 Å². The van der Waals surface area contributed by atoms with Crippen LogP contribution in [0.2, 0.25) is 0 Å². The van der Waals surface area contributed by atoms with Crippen molar-refractivity contribution >= 4 is 107 Å². The monoisotopic (exact) mass is 1980 g/mol. The number of likely N-dealkylation sites (N-methyl/N-ethyl adjacent to an activating group) is 4. The number of carboxylic acids is 10. The molecule has 0 spiro atoms. The Morgan fingerprint density at radius 3 is 0.529 bits per heavy atom. The van der Waals surface area contributed by atoms with Crippen LogP contribution in [0.15, 0.2) is 0 Å². The lowest BCUT2D eigenvalue weighted by Crippen LogP contribution is -2.59. The van der Waals surface area contributed by atoms with E-state index >= 15 is 0 Å². The first kappa shape index (κ1) is 118. The van der Waals surface area contributed by atoms with Gasteiger partial charge in [0, 0.05) is 282 Å². The SMILES string of the molecule is CN(CC(=O)NCC(CNC(=O)CN(C)C(=O)CN1CCN(CC(=O)O)CCN(CC(=O)O)CCN(CC(=O)O)CC1)(CNC(=O)CN(C)C(=O)CN1CCN(CC(=O)O)CCN(CC(=O)O)CCN(CC(O)O)CC1)CNC(=O)CN(C)C(=O)CN1CCN(CC(=O)O)CCN(CC(=O)O)CCN(CC2OC2O)CC1)C(=O)CN1CCN(CC(=O)O)CCN(CC(=O)O)CCN(CC(=O)O)CC1. The summed E-state index contributed by atoms with van der Waals surface area (Å²) in [6.07, 6.45) is -3.41. The zero-order valence-corrected chi connectivity index (χ0v) is 79.3. The molecule has 5 fully saturated rings. The molecule has 0 aromatic carbocycles. The van der Waals surface area contributed by atoms with Gasteiger partial charge in [-0.1, -0.05) is 0 Å². The number of carbonyl (C=O) groups is 18. The lowest BCUT2D eigenvalue weighted by Gasteiger charge is -2.36. The summed E-state index contributed by atoms with van der Waals surface area (Å²) < 4.78 is 5.30. The van der Waals surface area contributed by atoms with Crippen LogP contribution in [0.5, 0.6) is 0 Å². The Morgan fingerprint density at radius 2 is 0.391 bits per heavy atom. The fourth-order valence-electron chi connectivity index (χ4n) is 15.8. The molecule has 8 amide bonds. The standard InChI is InChI=1S/C82H144N24O32/c1-87(66(111)42-92-7-5-91(37-61-81(137)138-61)6-15-96(46-70(115)116)23-24-97(16-8-92)47-71(117)118)38-62(107)83-57-82(58-84-63(108)39-88(2)67(112)43-93-9-17-98(48-72(119)120)25-31-104(54-78(131)132)32-26-99(18-10-93)49-73(121)122,59-85-64(109)40-89(3)68(113)44-94-11-19-100(50-74(123)124)27-33-105(55-79(133)134)34-28-101(20-12-94)51-75(125)126)60-86-65(110)41-90(4)69(114)45-95-13-21-102(52-76(127)128)29-35-106(56-80(135)136)36-30-103(22-14-95)53-77(129)130/h61,72,81,119-120,137H,5-60H2,1-4H3,(H,83,107)(H,84,108)(H,85,109)(H,86,110)(H,115,116)(H,117,118)(H,121,122)(H,123,124)(H,125,126)(H,127,128)(H,129,130)(H,131,132)(H,133,134)(H,135,136). The fraction of sp³-hybridized carbons (Fsp3) is 0.780. The number of hydrogen-bond acceptors (Lipinski definition) is 38. The van der Waals surface area contributed by atoms with Gasteiger partial charge in [-0.2, -0.15) is 0 Å². The molecule has 5 aliphatic rings. The van der Waals surface area contributed by atoms with Crippen molar-refractivity contribution in [3.63, 3.8) is 0 Å². The number of aliphatic carboxylic acids is 10. The first-order valence-electron chi connectivity index (χ1n) is 45.6. The largest absolute Gasteiger partial charge is 0.480 e. The molecule has 5 aliphatic heterocycles. The zero-order valence-electron chi connectivity index (χ0n) is 79.3. The van der Waals surface area contributed by atoms with Gasteiger partial charge in [-0.3, -0.25) is 165 Å². The molecular weight excluding hydrogens is 1830 g/mol. The van der Waals surface area contributed by atoms with Crippen molar-refractivity contribution in [2.75, 3.05) is 395 Å². The Labute approximate surface area is 799 Å². The van der Waals surface area contributed by atoms with E-state index in [1.807, 2.05) is 4.90 Å². The molecule has 5 saturated heterocycles. The minimum Gasteiger partial charge on any atom is -0.480 e. The van der Waals surface area contributed by atoms with Crippen LogP contribution in [0.4, 0.5) is 0 Å². The number of nitrogens with zero attached hydrogens (tertiary/aromatic N) is 20. The molecule has 56 nitrogen and oxygen atoms in total. The minimum atomic E-state index is -1.84. The highest BCUT2D eigenvalue weighted by Crippen LogP contribution is 2.21. The van der Waals surface area contributed by atoms with Gasteiger partial charge in [0.1, 0.15) is 6.10 Å². The molecule has 5 heterocycles. The van der Waals surface area contributed by atoms with Crippen LogP contribution in [-0.4, -0.2) is 685 Å². The lowest BCUT2D eigenvalue weighted by atomic mass is 9.86. The molecule has 0 aromatic rings. The molecule has 784 valence electrons. The van der Waals surface area contributed by atoms with Gasteiger partial charge in [-0.05, 0) is 0 Å². The van der Waals surface area contributed by atoms with E-state index in [1.54, 1.807) is 53.9 Å². The van der Waals surface area contributed by atoms with E-state index in [0.717, 1.165) is 19.6 Å². The number of β-amino-alcohol motifs (C(OH)–C–C–N with tert-alkyl or cyclic N) is 2.